The number of aromatic amines is 1. The third-order valence-corrected chi connectivity index (χ3v) is 4.89. The summed E-state index contributed by atoms with van der Waals surface area (Å²) in [5.74, 6) is 0.653. The molecule has 0 unspecified atom stereocenters. The van der Waals surface area contributed by atoms with Crippen LogP contribution >= 0.6 is 11.6 Å². The van der Waals surface area contributed by atoms with E-state index in [1.54, 1.807) is 6.07 Å². The van der Waals surface area contributed by atoms with Gasteiger partial charge in [0, 0.05) is 23.5 Å². The van der Waals surface area contributed by atoms with Crippen LogP contribution in [0.15, 0.2) is 27.5 Å². The molecule has 1 saturated heterocycles. The van der Waals surface area contributed by atoms with Crippen LogP contribution in [0, 0.1) is 13.8 Å². The van der Waals surface area contributed by atoms with E-state index in [1.807, 2.05) is 26.0 Å². The quantitative estimate of drug-likeness (QED) is 0.762. The molecule has 1 aliphatic rings. The first-order chi connectivity index (χ1) is 11.6. The molecule has 1 N–H and O–H groups in total. The van der Waals surface area contributed by atoms with Crippen LogP contribution in [0.5, 0.6) is 0 Å². The average Bonchev–Trinajstić information content (AvgIpc) is 3.18. The van der Waals surface area contributed by atoms with E-state index in [1.165, 1.54) is 0 Å². The van der Waals surface area contributed by atoms with E-state index in [0.717, 1.165) is 53.8 Å². The summed E-state index contributed by atoms with van der Waals surface area (Å²) in [5, 5.41) is 5.64. The molecule has 2 aromatic heterocycles. The molecular weight excluding hydrogens is 326 g/mol. The Hall–Kier alpha value is -2.27. The number of halogens is 1. The van der Waals surface area contributed by atoms with E-state index in [9.17, 15) is 4.79 Å². The van der Waals surface area contributed by atoms with Gasteiger partial charge in [-0.15, -0.1) is 0 Å². The van der Waals surface area contributed by atoms with Crippen molar-refractivity contribution in [1.82, 2.24) is 10.1 Å². The van der Waals surface area contributed by atoms with Gasteiger partial charge in [0.05, 0.1) is 28.0 Å². The Bertz CT molecular complexity index is 964. The maximum Gasteiger partial charge on any atom is 0.258 e. The van der Waals surface area contributed by atoms with E-state index in [2.05, 4.69) is 15.0 Å². The fraction of sp³-hybridized carbons (Fsp3) is 0.333. The average molecular weight is 344 g/mol. The lowest BCUT2D eigenvalue weighted by Crippen LogP contribution is -2.23. The topological polar surface area (TPSA) is 62.1 Å². The number of aryl methyl sites for hydroxylation is 2. The highest BCUT2D eigenvalue weighted by atomic mass is 35.5. The summed E-state index contributed by atoms with van der Waals surface area (Å²) in [5.41, 5.74) is 3.73. The largest absolute Gasteiger partial charge is 0.370 e. The molecule has 3 heterocycles. The van der Waals surface area contributed by atoms with Gasteiger partial charge in [0.2, 0.25) is 0 Å². The maximum atomic E-state index is 12.9. The lowest BCUT2D eigenvalue weighted by atomic mass is 10.00. The van der Waals surface area contributed by atoms with Crippen molar-refractivity contribution < 1.29 is 4.52 Å². The molecule has 1 aromatic carbocycles. The van der Waals surface area contributed by atoms with Crippen molar-refractivity contribution in [3.05, 3.63) is 45.0 Å². The van der Waals surface area contributed by atoms with Crippen LogP contribution in [-0.4, -0.2) is 23.2 Å². The number of aromatic nitrogens is 2. The second-order valence-corrected chi connectivity index (χ2v) is 6.70. The van der Waals surface area contributed by atoms with Gasteiger partial charge in [-0.05, 0) is 44.9 Å². The van der Waals surface area contributed by atoms with Crippen molar-refractivity contribution in [3.63, 3.8) is 0 Å². The molecule has 1 aliphatic heterocycles. The summed E-state index contributed by atoms with van der Waals surface area (Å²) < 4.78 is 5.31. The first-order valence-corrected chi connectivity index (χ1v) is 8.48. The molecule has 0 saturated carbocycles. The molecule has 4 rings (SSSR count). The van der Waals surface area contributed by atoms with Gasteiger partial charge in [0.1, 0.15) is 5.76 Å². The first kappa shape index (κ1) is 15.3. The second kappa shape index (κ2) is 5.67. The van der Waals surface area contributed by atoms with Crippen molar-refractivity contribution in [3.8, 4) is 11.1 Å². The summed E-state index contributed by atoms with van der Waals surface area (Å²) >= 11 is 6.24. The van der Waals surface area contributed by atoms with Gasteiger partial charge in [-0.1, -0.05) is 16.8 Å². The van der Waals surface area contributed by atoms with Gasteiger partial charge in [-0.2, -0.15) is 0 Å². The summed E-state index contributed by atoms with van der Waals surface area (Å²) in [4.78, 5) is 18.2. The highest BCUT2D eigenvalue weighted by molar-refractivity contribution is 6.31. The van der Waals surface area contributed by atoms with E-state index in [0.29, 0.717) is 16.3 Å². The number of hydrogen-bond acceptors (Lipinski definition) is 4. The van der Waals surface area contributed by atoms with Crippen molar-refractivity contribution in [2.45, 2.75) is 26.7 Å². The summed E-state index contributed by atoms with van der Waals surface area (Å²) in [6.45, 7) is 5.56. The molecular formula is C18H18ClN3O2. The molecule has 3 aromatic rings. The minimum absolute atomic E-state index is 0.124. The third kappa shape index (κ3) is 2.31. The van der Waals surface area contributed by atoms with E-state index in [-0.39, 0.29) is 5.56 Å². The van der Waals surface area contributed by atoms with Crippen LogP contribution in [0.2, 0.25) is 5.02 Å². The zero-order chi connectivity index (χ0) is 16.8. The van der Waals surface area contributed by atoms with Crippen molar-refractivity contribution in [2.24, 2.45) is 0 Å². The fourth-order valence-electron chi connectivity index (χ4n) is 3.59. The van der Waals surface area contributed by atoms with E-state index in [4.69, 9.17) is 16.1 Å². The molecule has 6 heteroatoms. The molecule has 5 nitrogen and oxygen atoms in total. The van der Waals surface area contributed by atoms with Crippen molar-refractivity contribution >= 4 is 28.2 Å². The number of fused-ring (bicyclic) bond motifs is 1. The van der Waals surface area contributed by atoms with Gasteiger partial charge in [-0.3, -0.25) is 4.79 Å². The Morgan fingerprint density at radius 3 is 2.62 bits per heavy atom. The standard InChI is InChI=1S/C18H18ClN3O2/c1-10-15(11(2)24-21-10)16-17(22-7-3-4-8-22)13-9-12(19)5-6-14(13)20-18(16)23/h5-6,9H,3-4,7-8H2,1-2H3,(H,20,23). The number of benzene rings is 1. The number of rotatable bonds is 2. The lowest BCUT2D eigenvalue weighted by molar-refractivity contribution is 0.393. The smallest absolute Gasteiger partial charge is 0.258 e. The molecule has 0 amide bonds. The molecule has 0 radical (unpaired) electrons. The molecule has 0 spiro atoms. The van der Waals surface area contributed by atoms with Gasteiger partial charge in [0.15, 0.2) is 0 Å². The Labute approximate surface area is 144 Å². The fourth-order valence-corrected chi connectivity index (χ4v) is 3.76. The zero-order valence-electron chi connectivity index (χ0n) is 13.6. The number of hydrogen-bond donors (Lipinski definition) is 1. The number of nitrogens with zero attached hydrogens (tertiary/aromatic N) is 2. The summed E-state index contributed by atoms with van der Waals surface area (Å²) in [6.07, 6.45) is 2.24. The SMILES string of the molecule is Cc1noc(C)c1-c1c(N2CCCC2)c2cc(Cl)ccc2[nH]c1=O. The van der Waals surface area contributed by atoms with Gasteiger partial charge in [0.25, 0.3) is 5.56 Å². The predicted octanol–water partition coefficient (Wildman–Crippen LogP) is 4.05. The lowest BCUT2D eigenvalue weighted by Gasteiger charge is -2.23. The van der Waals surface area contributed by atoms with Gasteiger partial charge < -0.3 is 14.4 Å². The van der Waals surface area contributed by atoms with E-state index < -0.39 is 0 Å². The van der Waals surface area contributed by atoms with Crippen LogP contribution in [0.1, 0.15) is 24.3 Å². The Kier molecular flexibility index (Phi) is 3.61. The molecule has 1 fully saturated rings. The minimum Gasteiger partial charge on any atom is -0.370 e. The van der Waals surface area contributed by atoms with Crippen LogP contribution in [0.3, 0.4) is 0 Å². The highest BCUT2D eigenvalue weighted by Crippen LogP contribution is 2.39. The van der Waals surface area contributed by atoms with Crippen LogP contribution < -0.4 is 10.5 Å². The molecule has 0 aliphatic carbocycles. The second-order valence-electron chi connectivity index (χ2n) is 6.26. The number of H-pyrrole nitrogens is 1. The van der Waals surface area contributed by atoms with Crippen LogP contribution in [-0.2, 0) is 0 Å². The highest BCUT2D eigenvalue weighted by Gasteiger charge is 2.26. The van der Waals surface area contributed by atoms with Crippen molar-refractivity contribution in [2.75, 3.05) is 18.0 Å². The van der Waals surface area contributed by atoms with Crippen molar-refractivity contribution in [1.29, 1.82) is 0 Å². The normalized spacial score (nSPS) is 14.7. The molecule has 124 valence electrons. The zero-order valence-corrected chi connectivity index (χ0v) is 14.4. The minimum atomic E-state index is -0.124. The predicted molar refractivity (Wildman–Crippen MR) is 96.0 cm³/mol. The monoisotopic (exact) mass is 343 g/mol. The Balaban J connectivity index is 2.14. The van der Waals surface area contributed by atoms with E-state index >= 15 is 0 Å². The Morgan fingerprint density at radius 1 is 1.21 bits per heavy atom. The Morgan fingerprint density at radius 2 is 1.96 bits per heavy atom. The summed E-state index contributed by atoms with van der Waals surface area (Å²) in [6, 6.07) is 5.57. The van der Waals surface area contributed by atoms with Crippen LogP contribution in [0.4, 0.5) is 5.69 Å². The number of nitrogens with one attached hydrogen (secondary N) is 1. The number of pyridine rings is 1. The van der Waals surface area contributed by atoms with Gasteiger partial charge >= 0.3 is 0 Å². The first-order valence-electron chi connectivity index (χ1n) is 8.10. The van der Waals surface area contributed by atoms with Crippen LogP contribution in [0.25, 0.3) is 22.0 Å². The molecule has 0 bridgehead atoms. The molecule has 0 atom stereocenters. The maximum absolute atomic E-state index is 12.9. The summed E-state index contributed by atoms with van der Waals surface area (Å²) in [7, 11) is 0. The number of anilines is 1. The van der Waals surface area contributed by atoms with Gasteiger partial charge in [-0.25, -0.2) is 0 Å². The molecule has 24 heavy (non-hydrogen) atoms. The third-order valence-electron chi connectivity index (χ3n) is 4.65.